The fourth-order valence-electron chi connectivity index (χ4n) is 1.16. The SMILES string of the molecule is CCCCCCC(=NCCC)NN. The largest absolute Gasteiger partial charge is 0.312 e. The third kappa shape index (κ3) is 7.78. The molecule has 0 bridgehead atoms. The number of hydrazine groups is 1. The summed E-state index contributed by atoms with van der Waals surface area (Å²) < 4.78 is 0. The van der Waals surface area contributed by atoms with Crippen LogP contribution in [0, 0.1) is 0 Å². The topological polar surface area (TPSA) is 50.4 Å². The van der Waals surface area contributed by atoms with Crippen molar-refractivity contribution in [3.63, 3.8) is 0 Å². The van der Waals surface area contributed by atoms with Gasteiger partial charge in [0.1, 0.15) is 5.84 Å². The van der Waals surface area contributed by atoms with Crippen LogP contribution in [-0.2, 0) is 0 Å². The Morgan fingerprint density at radius 3 is 2.46 bits per heavy atom. The standard InChI is InChI=1S/C10H23N3/c1-3-5-6-7-8-10(13-11)12-9-4-2/h3-9,11H2,1-2H3,(H,12,13). The van der Waals surface area contributed by atoms with Crippen molar-refractivity contribution in [2.24, 2.45) is 10.8 Å². The van der Waals surface area contributed by atoms with E-state index < -0.39 is 0 Å². The summed E-state index contributed by atoms with van der Waals surface area (Å²) in [5.41, 5.74) is 2.66. The molecule has 0 unspecified atom stereocenters. The lowest BCUT2D eigenvalue weighted by Crippen LogP contribution is -2.30. The van der Waals surface area contributed by atoms with E-state index in [4.69, 9.17) is 5.84 Å². The van der Waals surface area contributed by atoms with Crippen molar-refractivity contribution in [2.75, 3.05) is 6.54 Å². The highest BCUT2D eigenvalue weighted by Gasteiger charge is 1.95. The maximum Gasteiger partial charge on any atom is 0.110 e. The van der Waals surface area contributed by atoms with Crippen molar-refractivity contribution in [3.8, 4) is 0 Å². The average Bonchev–Trinajstić information content (AvgIpc) is 2.17. The molecule has 0 radical (unpaired) electrons. The number of nitrogens with two attached hydrogens (primary N) is 1. The van der Waals surface area contributed by atoms with Gasteiger partial charge in [0.25, 0.3) is 0 Å². The van der Waals surface area contributed by atoms with E-state index in [9.17, 15) is 0 Å². The molecule has 3 N–H and O–H groups in total. The molecule has 0 aromatic carbocycles. The molecular formula is C10H23N3. The molecule has 0 aromatic rings. The maximum atomic E-state index is 5.35. The minimum Gasteiger partial charge on any atom is -0.312 e. The van der Waals surface area contributed by atoms with Crippen LogP contribution in [0.3, 0.4) is 0 Å². The summed E-state index contributed by atoms with van der Waals surface area (Å²) in [6.07, 6.45) is 7.14. The Bertz CT molecular complexity index is 132. The smallest absolute Gasteiger partial charge is 0.110 e. The molecule has 0 saturated carbocycles. The molecule has 3 heteroatoms. The molecule has 0 heterocycles. The van der Waals surface area contributed by atoms with Gasteiger partial charge in [-0.05, 0) is 12.8 Å². The Morgan fingerprint density at radius 2 is 1.92 bits per heavy atom. The molecule has 0 aliphatic rings. The minimum atomic E-state index is 0.882. The van der Waals surface area contributed by atoms with Crippen LogP contribution in [0.2, 0.25) is 0 Å². The van der Waals surface area contributed by atoms with Crippen molar-refractivity contribution in [1.29, 1.82) is 0 Å². The number of hydrogen-bond donors (Lipinski definition) is 2. The Kier molecular flexibility index (Phi) is 9.10. The molecule has 0 aliphatic heterocycles. The average molecular weight is 185 g/mol. The second kappa shape index (κ2) is 9.52. The summed E-state index contributed by atoms with van der Waals surface area (Å²) in [6.45, 7) is 5.22. The van der Waals surface area contributed by atoms with E-state index in [1.54, 1.807) is 0 Å². The van der Waals surface area contributed by atoms with E-state index >= 15 is 0 Å². The lowest BCUT2D eigenvalue weighted by atomic mass is 10.1. The number of hydrogen-bond acceptors (Lipinski definition) is 2. The number of rotatable bonds is 7. The van der Waals surface area contributed by atoms with E-state index in [-0.39, 0.29) is 0 Å². The normalized spacial score (nSPS) is 11.8. The highest BCUT2D eigenvalue weighted by molar-refractivity contribution is 5.81. The third-order valence-electron chi connectivity index (χ3n) is 1.96. The van der Waals surface area contributed by atoms with Gasteiger partial charge >= 0.3 is 0 Å². The fraction of sp³-hybridized carbons (Fsp3) is 0.900. The zero-order valence-electron chi connectivity index (χ0n) is 8.97. The predicted octanol–water partition coefficient (Wildman–Crippen LogP) is 2.23. The fourth-order valence-corrected chi connectivity index (χ4v) is 1.16. The van der Waals surface area contributed by atoms with Crippen molar-refractivity contribution in [1.82, 2.24) is 5.43 Å². The van der Waals surface area contributed by atoms with Gasteiger partial charge in [-0.3, -0.25) is 4.99 Å². The van der Waals surface area contributed by atoms with E-state index in [0.29, 0.717) is 0 Å². The number of unbranched alkanes of at least 4 members (excludes halogenated alkanes) is 3. The lowest BCUT2D eigenvalue weighted by Gasteiger charge is -2.04. The molecule has 78 valence electrons. The first-order valence-corrected chi connectivity index (χ1v) is 5.35. The van der Waals surface area contributed by atoms with Gasteiger partial charge in [0, 0.05) is 13.0 Å². The number of aliphatic imine (C=N–C) groups is 1. The molecule has 0 aromatic heterocycles. The summed E-state index contributed by atoms with van der Waals surface area (Å²) in [5, 5.41) is 0. The van der Waals surface area contributed by atoms with Crippen LogP contribution in [0.5, 0.6) is 0 Å². The summed E-state index contributed by atoms with van der Waals surface area (Å²) in [6, 6.07) is 0. The second-order valence-corrected chi connectivity index (χ2v) is 3.28. The predicted molar refractivity (Wildman–Crippen MR) is 58.7 cm³/mol. The van der Waals surface area contributed by atoms with Crippen molar-refractivity contribution in [3.05, 3.63) is 0 Å². The lowest BCUT2D eigenvalue weighted by molar-refractivity contribution is 0.675. The van der Waals surface area contributed by atoms with Crippen LogP contribution in [0.15, 0.2) is 4.99 Å². The Labute approximate surface area is 81.8 Å². The molecule has 0 amide bonds. The summed E-state index contributed by atoms with van der Waals surface area (Å²) >= 11 is 0. The van der Waals surface area contributed by atoms with Gasteiger partial charge in [-0.2, -0.15) is 0 Å². The number of nitrogens with one attached hydrogen (secondary N) is 1. The molecule has 3 nitrogen and oxygen atoms in total. The first-order valence-electron chi connectivity index (χ1n) is 5.35. The molecule has 0 fully saturated rings. The Balaban J connectivity index is 3.47. The van der Waals surface area contributed by atoms with Crippen LogP contribution in [0.1, 0.15) is 52.4 Å². The second-order valence-electron chi connectivity index (χ2n) is 3.28. The quantitative estimate of drug-likeness (QED) is 0.210. The number of nitrogens with zero attached hydrogens (tertiary/aromatic N) is 1. The van der Waals surface area contributed by atoms with Gasteiger partial charge in [-0.1, -0.05) is 33.1 Å². The van der Waals surface area contributed by atoms with Gasteiger partial charge in [0.2, 0.25) is 0 Å². The maximum absolute atomic E-state index is 5.35. The van der Waals surface area contributed by atoms with Crippen LogP contribution >= 0.6 is 0 Å². The van der Waals surface area contributed by atoms with Gasteiger partial charge in [-0.25, -0.2) is 5.84 Å². The van der Waals surface area contributed by atoms with Crippen molar-refractivity contribution in [2.45, 2.75) is 52.4 Å². The van der Waals surface area contributed by atoms with Crippen LogP contribution in [0.4, 0.5) is 0 Å². The van der Waals surface area contributed by atoms with Crippen molar-refractivity contribution < 1.29 is 0 Å². The van der Waals surface area contributed by atoms with Gasteiger partial charge < -0.3 is 5.43 Å². The van der Waals surface area contributed by atoms with Gasteiger partial charge in [-0.15, -0.1) is 0 Å². The highest BCUT2D eigenvalue weighted by Crippen LogP contribution is 2.02. The first-order chi connectivity index (χ1) is 6.35. The summed E-state index contributed by atoms with van der Waals surface area (Å²) in [7, 11) is 0. The summed E-state index contributed by atoms with van der Waals surface area (Å²) in [5.74, 6) is 6.30. The zero-order chi connectivity index (χ0) is 9.94. The molecule has 0 aliphatic carbocycles. The van der Waals surface area contributed by atoms with Gasteiger partial charge in [0.05, 0.1) is 0 Å². The minimum absolute atomic E-state index is 0.882. The van der Waals surface area contributed by atoms with Crippen LogP contribution < -0.4 is 11.3 Å². The van der Waals surface area contributed by atoms with E-state index in [2.05, 4.69) is 24.3 Å². The van der Waals surface area contributed by atoms with Crippen LogP contribution in [-0.4, -0.2) is 12.4 Å². The van der Waals surface area contributed by atoms with E-state index in [1.807, 2.05) is 0 Å². The molecule has 13 heavy (non-hydrogen) atoms. The Morgan fingerprint density at radius 1 is 1.15 bits per heavy atom. The molecule has 0 atom stereocenters. The molecule has 0 rings (SSSR count). The van der Waals surface area contributed by atoms with Crippen LogP contribution in [0.25, 0.3) is 0 Å². The third-order valence-corrected chi connectivity index (χ3v) is 1.96. The van der Waals surface area contributed by atoms with E-state index in [0.717, 1.165) is 25.2 Å². The van der Waals surface area contributed by atoms with E-state index in [1.165, 1.54) is 25.7 Å². The monoisotopic (exact) mass is 185 g/mol. The molecular weight excluding hydrogens is 162 g/mol. The van der Waals surface area contributed by atoms with Gasteiger partial charge in [0.15, 0.2) is 0 Å². The summed E-state index contributed by atoms with van der Waals surface area (Å²) in [4.78, 5) is 4.34. The highest BCUT2D eigenvalue weighted by atomic mass is 15.2. The zero-order valence-corrected chi connectivity index (χ0v) is 8.97. The number of amidine groups is 1. The Hall–Kier alpha value is -0.570. The molecule has 0 saturated heterocycles. The first kappa shape index (κ1) is 12.4. The van der Waals surface area contributed by atoms with Crippen molar-refractivity contribution >= 4 is 5.84 Å². The molecule has 0 spiro atoms.